The third kappa shape index (κ3) is 8.98. The number of hydrogen-bond acceptors (Lipinski definition) is 6. The molecule has 0 heterocycles. The minimum atomic E-state index is -1.13. The van der Waals surface area contributed by atoms with Crippen molar-refractivity contribution in [2.75, 3.05) is 13.6 Å². The fourth-order valence-corrected chi connectivity index (χ4v) is 5.69. The van der Waals surface area contributed by atoms with Crippen LogP contribution in [0.2, 0.25) is 0 Å². The second-order valence-corrected chi connectivity index (χ2v) is 10.9. The topological polar surface area (TPSA) is 113 Å². The maximum Gasteiger partial charge on any atom is 0.321 e. The molecular formula is C29H39N3O4S. The predicted octanol–water partition coefficient (Wildman–Crippen LogP) is 5.16. The molecule has 1 saturated carbocycles. The van der Waals surface area contributed by atoms with Crippen molar-refractivity contribution in [2.45, 2.75) is 70.9 Å². The highest BCUT2D eigenvalue weighted by Crippen LogP contribution is 2.31. The van der Waals surface area contributed by atoms with Gasteiger partial charge in [-0.2, -0.15) is 0 Å². The molecule has 37 heavy (non-hydrogen) atoms. The molecule has 0 bridgehead atoms. The number of amides is 1. The second-order valence-electron chi connectivity index (χ2n) is 10.1. The van der Waals surface area contributed by atoms with E-state index in [0.717, 1.165) is 53.2 Å². The number of primary amides is 1. The number of carboxylic acids is 1. The number of nitrogens with zero attached hydrogens (tertiary/aromatic N) is 1. The molecule has 0 radical (unpaired) electrons. The van der Waals surface area contributed by atoms with Crippen molar-refractivity contribution in [3.63, 3.8) is 0 Å². The lowest BCUT2D eigenvalue weighted by atomic mass is 9.87. The van der Waals surface area contributed by atoms with E-state index in [4.69, 9.17) is 5.73 Å². The Morgan fingerprint density at radius 1 is 1.11 bits per heavy atom. The van der Waals surface area contributed by atoms with Gasteiger partial charge in [0.25, 0.3) is 0 Å². The summed E-state index contributed by atoms with van der Waals surface area (Å²) in [5.74, 6) is -0.876. The number of carbonyl (C=O) groups is 3. The van der Waals surface area contributed by atoms with Gasteiger partial charge in [-0.25, -0.2) is 4.72 Å². The molecule has 8 heteroatoms. The van der Waals surface area contributed by atoms with Crippen molar-refractivity contribution in [3.8, 4) is 11.1 Å². The van der Waals surface area contributed by atoms with Crippen LogP contribution < -0.4 is 10.5 Å². The Labute approximate surface area is 224 Å². The van der Waals surface area contributed by atoms with Gasteiger partial charge >= 0.3 is 5.97 Å². The van der Waals surface area contributed by atoms with E-state index in [0.29, 0.717) is 5.56 Å². The second kappa shape index (κ2) is 14.3. The van der Waals surface area contributed by atoms with E-state index in [1.807, 2.05) is 43.3 Å². The summed E-state index contributed by atoms with van der Waals surface area (Å²) in [5.41, 5.74) is 9.66. The minimum Gasteiger partial charge on any atom is -0.480 e. The molecule has 1 unspecified atom stereocenters. The first-order chi connectivity index (χ1) is 17.7. The van der Waals surface area contributed by atoms with Crippen LogP contribution >= 0.6 is 11.9 Å². The van der Waals surface area contributed by atoms with Crippen LogP contribution in [0.1, 0.15) is 72.9 Å². The Kier molecular flexibility index (Phi) is 11.2. The molecule has 0 spiro atoms. The first kappa shape index (κ1) is 28.9. The summed E-state index contributed by atoms with van der Waals surface area (Å²) in [6, 6.07) is 12.8. The number of aliphatic carboxylic acids is 1. The van der Waals surface area contributed by atoms with Crippen LogP contribution in [0.15, 0.2) is 42.5 Å². The number of benzene rings is 2. The van der Waals surface area contributed by atoms with Gasteiger partial charge in [-0.3, -0.25) is 14.4 Å². The summed E-state index contributed by atoms with van der Waals surface area (Å²) in [7, 11) is 2.15. The molecule has 2 aromatic rings. The van der Waals surface area contributed by atoms with E-state index >= 15 is 0 Å². The molecule has 4 N–H and O–H groups in total. The Morgan fingerprint density at radius 2 is 1.84 bits per heavy atom. The molecule has 0 aliphatic heterocycles. The smallest absolute Gasteiger partial charge is 0.321 e. The lowest BCUT2D eigenvalue weighted by Crippen LogP contribution is -2.34. The molecule has 200 valence electrons. The van der Waals surface area contributed by atoms with E-state index in [-0.39, 0.29) is 18.0 Å². The quantitative estimate of drug-likeness (QED) is 0.310. The molecule has 1 fully saturated rings. The van der Waals surface area contributed by atoms with Crippen molar-refractivity contribution < 1.29 is 19.5 Å². The highest BCUT2D eigenvalue weighted by molar-refractivity contribution is 8.12. The lowest BCUT2D eigenvalue weighted by Gasteiger charge is -2.25. The van der Waals surface area contributed by atoms with E-state index in [1.54, 1.807) is 0 Å². The average molecular weight is 526 g/mol. The van der Waals surface area contributed by atoms with E-state index < -0.39 is 17.9 Å². The molecular weight excluding hydrogens is 486 g/mol. The zero-order chi connectivity index (χ0) is 26.8. The van der Waals surface area contributed by atoms with Crippen LogP contribution in [-0.2, 0) is 16.1 Å². The molecule has 0 aromatic heterocycles. The summed E-state index contributed by atoms with van der Waals surface area (Å²) in [5, 5.41) is 9.16. The zero-order valence-electron chi connectivity index (χ0n) is 21.9. The van der Waals surface area contributed by atoms with Crippen molar-refractivity contribution in [3.05, 3.63) is 59.2 Å². The standard InChI is InChI=1S/C29H39N3O4S/c1-20-8-6-7-11-23(20)25-18-22(19-32(2)17-16-21-9-4-3-5-10-21)12-13-24(25)29(36)37-31-26(28(34)35)14-15-27(30)33/h6-8,11-13,18,21,26,31H,3-5,9-10,14-17,19H2,1-2H3,(H2,30,33)(H,34,35). The van der Waals surface area contributed by atoms with Gasteiger partial charge < -0.3 is 15.7 Å². The molecule has 2 aromatic carbocycles. The van der Waals surface area contributed by atoms with Crippen molar-refractivity contribution in [2.24, 2.45) is 11.7 Å². The number of aryl methyl sites for hydroxylation is 1. The van der Waals surface area contributed by atoms with Crippen LogP contribution in [-0.4, -0.2) is 46.6 Å². The highest BCUT2D eigenvalue weighted by Gasteiger charge is 2.22. The summed E-state index contributed by atoms with van der Waals surface area (Å²) in [4.78, 5) is 38.2. The Bertz CT molecular complexity index is 1080. The maximum atomic E-state index is 13.2. The number of nitrogens with one attached hydrogen (secondary N) is 1. The first-order valence-electron chi connectivity index (χ1n) is 13.1. The van der Waals surface area contributed by atoms with Gasteiger partial charge in [0.15, 0.2) is 0 Å². The zero-order valence-corrected chi connectivity index (χ0v) is 22.7. The third-order valence-electron chi connectivity index (χ3n) is 7.11. The van der Waals surface area contributed by atoms with E-state index in [9.17, 15) is 19.5 Å². The Balaban J connectivity index is 1.75. The molecule has 0 saturated heterocycles. The highest BCUT2D eigenvalue weighted by atomic mass is 32.2. The van der Waals surface area contributed by atoms with Crippen molar-refractivity contribution >= 4 is 28.9 Å². The van der Waals surface area contributed by atoms with Crippen LogP contribution in [0.5, 0.6) is 0 Å². The number of rotatable bonds is 13. The maximum absolute atomic E-state index is 13.2. The van der Waals surface area contributed by atoms with Gasteiger partial charge in [0.05, 0.1) is 0 Å². The van der Waals surface area contributed by atoms with Gasteiger partial charge in [0, 0.05) is 30.5 Å². The molecule has 7 nitrogen and oxygen atoms in total. The third-order valence-corrected chi connectivity index (χ3v) is 7.91. The monoisotopic (exact) mass is 525 g/mol. The molecule has 1 aliphatic rings. The summed E-state index contributed by atoms with van der Waals surface area (Å²) >= 11 is 0.744. The fraction of sp³-hybridized carbons (Fsp3) is 0.483. The number of hydrogen-bond donors (Lipinski definition) is 3. The molecule has 1 aliphatic carbocycles. The number of nitrogens with two attached hydrogens (primary N) is 1. The van der Waals surface area contributed by atoms with E-state index in [1.165, 1.54) is 38.5 Å². The van der Waals surface area contributed by atoms with E-state index in [2.05, 4.69) is 22.7 Å². The van der Waals surface area contributed by atoms with Crippen LogP contribution in [0.3, 0.4) is 0 Å². The first-order valence-corrected chi connectivity index (χ1v) is 13.9. The molecule has 1 atom stereocenters. The predicted molar refractivity (Wildman–Crippen MR) is 149 cm³/mol. The summed E-state index contributed by atoms with van der Waals surface area (Å²) < 4.78 is 2.71. The van der Waals surface area contributed by atoms with Crippen LogP contribution in [0.4, 0.5) is 0 Å². The van der Waals surface area contributed by atoms with Crippen molar-refractivity contribution in [1.29, 1.82) is 0 Å². The minimum absolute atomic E-state index is 0.0156. The van der Waals surface area contributed by atoms with Crippen molar-refractivity contribution in [1.82, 2.24) is 9.62 Å². The Morgan fingerprint density at radius 3 is 2.51 bits per heavy atom. The van der Waals surface area contributed by atoms with Gasteiger partial charge in [0.2, 0.25) is 11.0 Å². The number of carboxylic acid groups (broad SMARTS) is 1. The van der Waals surface area contributed by atoms with Gasteiger partial charge in [-0.05, 0) is 73.7 Å². The fourth-order valence-electron chi connectivity index (χ4n) is 4.93. The van der Waals surface area contributed by atoms with Crippen LogP contribution in [0, 0.1) is 12.8 Å². The summed E-state index contributed by atoms with van der Waals surface area (Å²) in [6.07, 6.45) is 7.94. The van der Waals surface area contributed by atoms with Gasteiger partial charge in [-0.15, -0.1) is 0 Å². The largest absolute Gasteiger partial charge is 0.480 e. The van der Waals surface area contributed by atoms with Gasteiger partial charge in [-0.1, -0.05) is 62.4 Å². The number of carbonyl (C=O) groups excluding carboxylic acids is 2. The average Bonchev–Trinajstić information content (AvgIpc) is 2.88. The van der Waals surface area contributed by atoms with Gasteiger partial charge in [0.1, 0.15) is 6.04 Å². The lowest BCUT2D eigenvalue weighted by molar-refractivity contribution is -0.139. The normalized spacial score (nSPS) is 15.0. The summed E-state index contributed by atoms with van der Waals surface area (Å²) in [6.45, 7) is 3.86. The molecule has 1 amide bonds. The SMILES string of the molecule is Cc1ccccc1-c1cc(CN(C)CCC2CCCCC2)ccc1C(=O)SNC(CCC(N)=O)C(=O)O. The molecule has 3 rings (SSSR count). The Hall–Kier alpha value is -2.68. The van der Waals surface area contributed by atoms with Crippen LogP contribution in [0.25, 0.3) is 11.1 Å².